The molecule has 3 aromatic carbocycles. The summed E-state index contributed by atoms with van der Waals surface area (Å²) in [5.74, 6) is -0.581. The van der Waals surface area contributed by atoms with E-state index in [1.165, 1.54) is 36.4 Å². The fourth-order valence-corrected chi connectivity index (χ4v) is 3.62. The van der Waals surface area contributed by atoms with Crippen LogP contribution in [0.5, 0.6) is 11.6 Å². The number of nitrogens with zero attached hydrogens (tertiary/aromatic N) is 1. The Hall–Kier alpha value is -3.78. The van der Waals surface area contributed by atoms with Gasteiger partial charge in [-0.1, -0.05) is 24.3 Å². The first-order valence-corrected chi connectivity index (χ1v) is 11.1. The molecule has 4 aromatic rings. The molecule has 0 saturated carbocycles. The van der Waals surface area contributed by atoms with Crippen molar-refractivity contribution in [2.45, 2.75) is 4.90 Å². The van der Waals surface area contributed by atoms with Gasteiger partial charge in [0, 0.05) is 17.3 Å². The number of aromatic nitrogens is 1. The average molecular weight is 436 g/mol. The monoisotopic (exact) mass is 436 g/mol. The Morgan fingerprint density at radius 2 is 1.71 bits per heavy atom. The van der Waals surface area contributed by atoms with E-state index >= 15 is 0 Å². The maximum Gasteiger partial charge on any atom is 0.261 e. The second kappa shape index (κ2) is 8.16. The summed E-state index contributed by atoms with van der Waals surface area (Å²) >= 11 is 0. The predicted octanol–water partition coefficient (Wildman–Crippen LogP) is 4.82. The lowest BCUT2D eigenvalue weighted by Gasteiger charge is -2.12. The summed E-state index contributed by atoms with van der Waals surface area (Å²) in [6.07, 6.45) is 1.09. The molecular formula is C23H17FN2O4S. The number of sulfone groups is 1. The molecule has 0 aliphatic heterocycles. The van der Waals surface area contributed by atoms with Crippen LogP contribution in [0.15, 0.2) is 83.8 Å². The van der Waals surface area contributed by atoms with Gasteiger partial charge in [0.15, 0.2) is 9.84 Å². The molecule has 8 heteroatoms. The van der Waals surface area contributed by atoms with Gasteiger partial charge in [-0.2, -0.15) is 0 Å². The molecule has 0 saturated heterocycles. The Morgan fingerprint density at radius 1 is 0.968 bits per heavy atom. The van der Waals surface area contributed by atoms with Crippen molar-refractivity contribution in [2.24, 2.45) is 0 Å². The SMILES string of the molecule is CS(=O)(=O)c1cccc(NC(=O)c2cc3ccccc3nc2Oc2ccc(F)cc2)c1. The Morgan fingerprint density at radius 3 is 2.45 bits per heavy atom. The molecule has 156 valence electrons. The van der Waals surface area contributed by atoms with Crippen LogP contribution in [0, 0.1) is 5.82 Å². The molecule has 0 aliphatic carbocycles. The number of amides is 1. The molecule has 1 aromatic heterocycles. The minimum absolute atomic E-state index is 0.0436. The predicted molar refractivity (Wildman–Crippen MR) is 116 cm³/mol. The molecule has 0 aliphatic rings. The van der Waals surface area contributed by atoms with Crippen LogP contribution >= 0.6 is 0 Å². The van der Waals surface area contributed by atoms with Gasteiger partial charge in [0.25, 0.3) is 5.91 Å². The van der Waals surface area contributed by atoms with Crippen molar-refractivity contribution < 1.29 is 22.3 Å². The van der Waals surface area contributed by atoms with E-state index in [1.54, 1.807) is 24.3 Å². The third-order valence-corrected chi connectivity index (χ3v) is 5.59. The number of hydrogen-bond donors (Lipinski definition) is 1. The molecule has 0 radical (unpaired) electrons. The number of fused-ring (bicyclic) bond motifs is 1. The molecular weight excluding hydrogens is 419 g/mol. The number of hydrogen-bond acceptors (Lipinski definition) is 5. The molecule has 0 bridgehead atoms. The number of para-hydroxylation sites is 1. The topological polar surface area (TPSA) is 85.4 Å². The van der Waals surface area contributed by atoms with Crippen LogP contribution < -0.4 is 10.1 Å². The van der Waals surface area contributed by atoms with Gasteiger partial charge in [0.05, 0.1) is 10.4 Å². The maximum absolute atomic E-state index is 13.2. The van der Waals surface area contributed by atoms with Crippen molar-refractivity contribution in [3.05, 3.63) is 90.2 Å². The zero-order valence-corrected chi connectivity index (χ0v) is 17.2. The zero-order chi connectivity index (χ0) is 22.0. The molecule has 0 atom stereocenters. The average Bonchev–Trinajstić information content (AvgIpc) is 2.74. The van der Waals surface area contributed by atoms with E-state index in [0.29, 0.717) is 17.0 Å². The summed E-state index contributed by atoms with van der Waals surface area (Å²) < 4.78 is 42.6. The van der Waals surface area contributed by atoms with Gasteiger partial charge in [-0.15, -0.1) is 0 Å². The molecule has 0 spiro atoms. The Bertz CT molecular complexity index is 1390. The second-order valence-electron chi connectivity index (χ2n) is 6.84. The van der Waals surface area contributed by atoms with Gasteiger partial charge in [0.1, 0.15) is 17.1 Å². The number of nitrogens with one attached hydrogen (secondary N) is 1. The summed E-state index contributed by atoms with van der Waals surface area (Å²) in [4.78, 5) is 17.6. The molecule has 1 heterocycles. The second-order valence-corrected chi connectivity index (χ2v) is 8.86. The highest BCUT2D eigenvalue weighted by molar-refractivity contribution is 7.90. The summed E-state index contributed by atoms with van der Waals surface area (Å²) in [6, 6.07) is 20.2. The lowest BCUT2D eigenvalue weighted by Crippen LogP contribution is -2.14. The van der Waals surface area contributed by atoms with Crippen LogP contribution in [0.4, 0.5) is 10.1 Å². The fraction of sp³-hybridized carbons (Fsp3) is 0.0435. The molecule has 1 amide bonds. The van der Waals surface area contributed by atoms with Crippen LogP contribution in [0.3, 0.4) is 0 Å². The van der Waals surface area contributed by atoms with Gasteiger partial charge in [-0.25, -0.2) is 17.8 Å². The number of rotatable bonds is 5. The van der Waals surface area contributed by atoms with E-state index in [2.05, 4.69) is 10.3 Å². The minimum atomic E-state index is -3.43. The number of benzene rings is 3. The lowest BCUT2D eigenvalue weighted by atomic mass is 10.1. The van der Waals surface area contributed by atoms with E-state index < -0.39 is 21.6 Å². The number of halogens is 1. The van der Waals surface area contributed by atoms with Crippen molar-refractivity contribution in [3.8, 4) is 11.6 Å². The van der Waals surface area contributed by atoms with E-state index in [1.807, 2.05) is 18.2 Å². The summed E-state index contributed by atoms with van der Waals surface area (Å²) in [5, 5.41) is 3.41. The molecule has 1 N–H and O–H groups in total. The third-order valence-electron chi connectivity index (χ3n) is 4.48. The standard InChI is InChI=1S/C23H17FN2O4S/c1-31(28,29)19-7-4-6-17(14-19)25-22(27)20-13-15-5-2-3-8-21(15)26-23(20)30-18-11-9-16(24)10-12-18/h2-14H,1H3,(H,25,27). The summed E-state index contributed by atoms with van der Waals surface area (Å²) in [5.41, 5.74) is 1.08. The first-order chi connectivity index (χ1) is 14.8. The molecule has 31 heavy (non-hydrogen) atoms. The number of carbonyl (C=O) groups is 1. The van der Waals surface area contributed by atoms with Gasteiger partial charge < -0.3 is 10.1 Å². The van der Waals surface area contributed by atoms with Crippen molar-refractivity contribution in [3.63, 3.8) is 0 Å². The smallest absolute Gasteiger partial charge is 0.261 e. The lowest BCUT2D eigenvalue weighted by molar-refractivity contribution is 0.102. The van der Waals surface area contributed by atoms with E-state index in [4.69, 9.17) is 4.74 Å². The molecule has 0 unspecified atom stereocenters. The van der Waals surface area contributed by atoms with Gasteiger partial charge in [-0.05, 0) is 54.6 Å². The Balaban J connectivity index is 1.72. The number of pyridine rings is 1. The molecule has 6 nitrogen and oxygen atoms in total. The highest BCUT2D eigenvalue weighted by Gasteiger charge is 2.18. The van der Waals surface area contributed by atoms with Crippen LogP contribution in [0.1, 0.15) is 10.4 Å². The molecule has 0 fully saturated rings. The van der Waals surface area contributed by atoms with Gasteiger partial charge in [-0.3, -0.25) is 4.79 Å². The Kier molecular flexibility index (Phi) is 5.39. The van der Waals surface area contributed by atoms with E-state index in [0.717, 1.165) is 11.6 Å². The highest BCUT2D eigenvalue weighted by atomic mass is 32.2. The van der Waals surface area contributed by atoms with Crippen LogP contribution in [-0.4, -0.2) is 25.6 Å². The fourth-order valence-electron chi connectivity index (χ4n) is 2.96. The normalized spacial score (nSPS) is 11.3. The number of ether oxygens (including phenoxy) is 1. The third kappa shape index (κ3) is 4.70. The molecule has 4 rings (SSSR count). The van der Waals surface area contributed by atoms with Crippen LogP contribution in [-0.2, 0) is 9.84 Å². The van der Waals surface area contributed by atoms with Gasteiger partial charge >= 0.3 is 0 Å². The highest BCUT2D eigenvalue weighted by Crippen LogP contribution is 2.28. The quantitative estimate of drug-likeness (QED) is 0.485. The van der Waals surface area contributed by atoms with E-state index in [9.17, 15) is 17.6 Å². The Labute approximate surface area is 178 Å². The first kappa shape index (κ1) is 20.5. The zero-order valence-electron chi connectivity index (χ0n) is 16.4. The minimum Gasteiger partial charge on any atom is -0.438 e. The summed E-state index contributed by atoms with van der Waals surface area (Å²) in [7, 11) is -3.43. The largest absolute Gasteiger partial charge is 0.438 e. The van der Waals surface area contributed by atoms with Crippen molar-refractivity contribution >= 4 is 32.3 Å². The van der Waals surface area contributed by atoms with Crippen LogP contribution in [0.25, 0.3) is 10.9 Å². The number of anilines is 1. The van der Waals surface area contributed by atoms with Crippen molar-refractivity contribution in [1.29, 1.82) is 0 Å². The van der Waals surface area contributed by atoms with Gasteiger partial charge in [0.2, 0.25) is 5.88 Å². The van der Waals surface area contributed by atoms with Crippen molar-refractivity contribution in [1.82, 2.24) is 4.98 Å². The first-order valence-electron chi connectivity index (χ1n) is 9.24. The van der Waals surface area contributed by atoms with E-state index in [-0.39, 0.29) is 16.3 Å². The number of carbonyl (C=O) groups excluding carboxylic acids is 1. The summed E-state index contributed by atoms with van der Waals surface area (Å²) in [6.45, 7) is 0. The maximum atomic E-state index is 13.2. The van der Waals surface area contributed by atoms with Crippen LogP contribution in [0.2, 0.25) is 0 Å². The van der Waals surface area contributed by atoms with Crippen molar-refractivity contribution in [2.75, 3.05) is 11.6 Å².